The van der Waals surface area contributed by atoms with Crippen LogP contribution in [0.3, 0.4) is 0 Å². The minimum atomic E-state index is -0.174. The van der Waals surface area contributed by atoms with Gasteiger partial charge in [0.15, 0.2) is 5.78 Å². The molecule has 0 radical (unpaired) electrons. The van der Waals surface area contributed by atoms with Gasteiger partial charge in [0.05, 0.1) is 12.7 Å². The molecule has 0 aliphatic rings. The van der Waals surface area contributed by atoms with Gasteiger partial charge < -0.3 is 14.0 Å². The summed E-state index contributed by atoms with van der Waals surface area (Å²) in [5, 5.41) is 0.982. The lowest BCUT2D eigenvalue weighted by Crippen LogP contribution is -2.07. The summed E-state index contributed by atoms with van der Waals surface area (Å²) >= 11 is 0. The van der Waals surface area contributed by atoms with Crippen molar-refractivity contribution >= 4 is 22.7 Å². The molecule has 0 bridgehead atoms. The Morgan fingerprint density at radius 2 is 1.67 bits per heavy atom. The molecule has 0 aliphatic carbocycles. The van der Waals surface area contributed by atoms with Crippen molar-refractivity contribution in [3.05, 3.63) is 71.4 Å². The third-order valence-corrected chi connectivity index (χ3v) is 7.11. The van der Waals surface area contributed by atoms with Gasteiger partial charge in [-0.1, -0.05) is 76.1 Å². The van der Waals surface area contributed by atoms with Crippen LogP contribution < -0.4 is 0 Å². The van der Waals surface area contributed by atoms with Gasteiger partial charge in [0, 0.05) is 48.7 Å². The molecule has 0 aliphatic heterocycles. The van der Waals surface area contributed by atoms with Crippen LogP contribution >= 0.6 is 0 Å². The van der Waals surface area contributed by atoms with Gasteiger partial charge >= 0.3 is 5.97 Å². The van der Waals surface area contributed by atoms with Crippen molar-refractivity contribution in [2.45, 2.75) is 98.1 Å². The van der Waals surface area contributed by atoms with E-state index in [1.54, 1.807) is 0 Å². The van der Waals surface area contributed by atoms with Crippen LogP contribution in [-0.2, 0) is 27.2 Å². The van der Waals surface area contributed by atoms with Crippen molar-refractivity contribution in [2.75, 3.05) is 13.2 Å². The van der Waals surface area contributed by atoms with E-state index in [1.165, 1.54) is 11.1 Å². The number of hydrogen-bond acceptors (Lipinski definition) is 4. The van der Waals surface area contributed by atoms with Gasteiger partial charge in [0.25, 0.3) is 0 Å². The molecule has 5 heteroatoms. The first-order valence-electron chi connectivity index (χ1n) is 14.9. The third-order valence-electron chi connectivity index (χ3n) is 7.11. The number of fused-ring (bicyclic) bond motifs is 1. The molecule has 0 amide bonds. The number of carbonyl (C=O) groups excluding carboxylic acids is 2. The Hall–Kier alpha value is -2.92. The van der Waals surface area contributed by atoms with Crippen LogP contribution in [0.2, 0.25) is 0 Å². The van der Waals surface area contributed by atoms with Crippen molar-refractivity contribution in [3.63, 3.8) is 0 Å². The number of ketones is 1. The smallest absolute Gasteiger partial charge is 0.305 e. The standard InChI is InChI=1S/C34H47NO4/c1-5-7-16-33(28-20-18-27(19-21-28)24-26(3)4)39-23-11-10-15-32(36)30-25-35(22-12-17-34(37)38-6-2)31-14-9-8-13-29(30)31/h8-9,13-14,18-21,25-26,33H,5-7,10-12,15-17,22-24H2,1-4H3. The maximum Gasteiger partial charge on any atom is 0.305 e. The Bertz CT molecular complexity index is 1160. The van der Waals surface area contributed by atoms with Crippen molar-refractivity contribution < 1.29 is 19.1 Å². The summed E-state index contributed by atoms with van der Waals surface area (Å²) in [5.41, 5.74) is 4.43. The van der Waals surface area contributed by atoms with E-state index in [4.69, 9.17) is 9.47 Å². The molecule has 3 rings (SSSR count). The van der Waals surface area contributed by atoms with E-state index in [0.29, 0.717) is 44.9 Å². The Morgan fingerprint density at radius 1 is 0.897 bits per heavy atom. The lowest BCUT2D eigenvalue weighted by Gasteiger charge is -2.19. The van der Waals surface area contributed by atoms with Crippen molar-refractivity contribution in [3.8, 4) is 0 Å². The lowest BCUT2D eigenvalue weighted by molar-refractivity contribution is -0.143. The number of esters is 1. The van der Waals surface area contributed by atoms with Crippen LogP contribution in [0.4, 0.5) is 0 Å². The molecule has 0 N–H and O–H groups in total. The van der Waals surface area contributed by atoms with Gasteiger partial charge in [-0.3, -0.25) is 9.59 Å². The number of unbranched alkanes of at least 4 members (excludes halogenated alkanes) is 2. The van der Waals surface area contributed by atoms with Gasteiger partial charge in [0.2, 0.25) is 0 Å². The van der Waals surface area contributed by atoms with Gasteiger partial charge in [0.1, 0.15) is 0 Å². The second-order valence-electron chi connectivity index (χ2n) is 10.9. The molecule has 39 heavy (non-hydrogen) atoms. The molecule has 0 spiro atoms. The van der Waals surface area contributed by atoms with E-state index >= 15 is 0 Å². The zero-order valence-electron chi connectivity index (χ0n) is 24.4. The quantitative estimate of drug-likeness (QED) is 0.0934. The minimum Gasteiger partial charge on any atom is -0.466 e. The number of benzene rings is 2. The molecular weight excluding hydrogens is 486 g/mol. The van der Waals surface area contributed by atoms with Crippen molar-refractivity contribution in [2.24, 2.45) is 5.92 Å². The van der Waals surface area contributed by atoms with Gasteiger partial charge in [-0.15, -0.1) is 0 Å². The van der Waals surface area contributed by atoms with Crippen LogP contribution in [0.1, 0.15) is 107 Å². The highest BCUT2D eigenvalue weighted by atomic mass is 16.5. The fraction of sp³-hybridized carbons (Fsp3) is 0.529. The van der Waals surface area contributed by atoms with E-state index in [9.17, 15) is 9.59 Å². The summed E-state index contributed by atoms with van der Waals surface area (Å²) in [6, 6.07) is 16.9. The second kappa shape index (κ2) is 16.2. The second-order valence-corrected chi connectivity index (χ2v) is 10.9. The minimum absolute atomic E-state index is 0.112. The largest absolute Gasteiger partial charge is 0.466 e. The molecule has 0 fully saturated rings. The molecule has 0 saturated carbocycles. The average Bonchev–Trinajstić information content (AvgIpc) is 3.29. The predicted molar refractivity (Wildman–Crippen MR) is 159 cm³/mol. The van der Waals surface area contributed by atoms with Crippen LogP contribution in [0.15, 0.2) is 54.7 Å². The summed E-state index contributed by atoms with van der Waals surface area (Å²) < 4.78 is 13.5. The maximum absolute atomic E-state index is 13.2. The molecule has 0 saturated heterocycles. The van der Waals surface area contributed by atoms with Crippen LogP contribution in [0.25, 0.3) is 10.9 Å². The first-order valence-corrected chi connectivity index (χ1v) is 14.9. The monoisotopic (exact) mass is 533 g/mol. The van der Waals surface area contributed by atoms with Crippen molar-refractivity contribution in [1.82, 2.24) is 4.57 Å². The number of hydrogen-bond donors (Lipinski definition) is 0. The van der Waals surface area contributed by atoms with E-state index in [-0.39, 0.29) is 17.9 Å². The number of Topliss-reactive ketones (excluding diaryl/α,β-unsaturated/α-hetero) is 1. The number of rotatable bonds is 18. The Kier molecular flexibility index (Phi) is 12.8. The molecule has 1 heterocycles. The average molecular weight is 534 g/mol. The van der Waals surface area contributed by atoms with Gasteiger partial charge in [-0.05, 0) is 62.1 Å². The van der Waals surface area contributed by atoms with E-state index in [1.807, 2.05) is 37.4 Å². The number of aryl methyl sites for hydroxylation is 1. The summed E-state index contributed by atoms with van der Waals surface area (Å²) in [6.45, 7) is 10.3. The molecule has 212 valence electrons. The summed E-state index contributed by atoms with van der Waals surface area (Å²) in [5.74, 6) is 0.643. The molecule has 1 atom stereocenters. The number of nitrogens with zero attached hydrogens (tertiary/aromatic N) is 1. The number of aromatic nitrogens is 1. The zero-order chi connectivity index (χ0) is 28.0. The first kappa shape index (κ1) is 30.6. The zero-order valence-corrected chi connectivity index (χ0v) is 24.4. The highest BCUT2D eigenvalue weighted by Gasteiger charge is 2.16. The molecule has 1 aromatic heterocycles. The highest BCUT2D eigenvalue weighted by molar-refractivity contribution is 6.08. The Morgan fingerprint density at radius 3 is 2.38 bits per heavy atom. The molecule has 3 aromatic rings. The Labute approximate surface area is 234 Å². The van der Waals surface area contributed by atoms with Gasteiger partial charge in [-0.25, -0.2) is 0 Å². The first-order chi connectivity index (χ1) is 18.9. The summed E-state index contributed by atoms with van der Waals surface area (Å²) in [4.78, 5) is 24.9. The maximum atomic E-state index is 13.2. The lowest BCUT2D eigenvalue weighted by atomic mass is 9.98. The van der Waals surface area contributed by atoms with Crippen LogP contribution in [0, 0.1) is 5.92 Å². The molecule has 2 aromatic carbocycles. The van der Waals surface area contributed by atoms with Crippen LogP contribution in [0.5, 0.6) is 0 Å². The molecule has 1 unspecified atom stereocenters. The predicted octanol–water partition coefficient (Wildman–Crippen LogP) is 8.48. The van der Waals surface area contributed by atoms with Gasteiger partial charge in [-0.2, -0.15) is 0 Å². The topological polar surface area (TPSA) is 57.5 Å². The number of ether oxygens (including phenoxy) is 2. The SMILES string of the molecule is CCCCC(OCCCCC(=O)c1cn(CCCC(=O)OCC)c2ccccc12)c1ccc(CC(C)C)cc1. The third kappa shape index (κ3) is 9.65. The summed E-state index contributed by atoms with van der Waals surface area (Å²) in [7, 11) is 0. The van der Waals surface area contributed by atoms with E-state index in [2.05, 4.69) is 49.6 Å². The van der Waals surface area contributed by atoms with Crippen LogP contribution in [-0.4, -0.2) is 29.5 Å². The van der Waals surface area contributed by atoms with E-state index in [0.717, 1.165) is 55.0 Å². The molecule has 5 nitrogen and oxygen atoms in total. The Balaban J connectivity index is 1.52. The number of carbonyl (C=O) groups is 2. The normalized spacial score (nSPS) is 12.2. The summed E-state index contributed by atoms with van der Waals surface area (Å²) in [6.07, 6.45) is 9.70. The van der Waals surface area contributed by atoms with E-state index < -0.39 is 0 Å². The molecular formula is C34H47NO4. The van der Waals surface area contributed by atoms with Crippen molar-refractivity contribution in [1.29, 1.82) is 0 Å². The number of para-hydroxylation sites is 1. The fourth-order valence-corrected chi connectivity index (χ4v) is 5.10. The fourth-order valence-electron chi connectivity index (χ4n) is 5.10. The highest BCUT2D eigenvalue weighted by Crippen LogP contribution is 2.26.